The molecule has 0 spiro atoms. The zero-order valence-electron chi connectivity index (χ0n) is 20.7. The lowest BCUT2D eigenvalue weighted by Crippen LogP contribution is -2.45. The molecule has 1 aliphatic heterocycles. The Morgan fingerprint density at radius 3 is 2.72 bits per heavy atom. The molecule has 5 rings (SSSR count). The number of primary amides is 1. The van der Waals surface area contributed by atoms with E-state index in [1.807, 2.05) is 30.3 Å². The van der Waals surface area contributed by atoms with Crippen LogP contribution in [-0.4, -0.2) is 56.5 Å². The van der Waals surface area contributed by atoms with E-state index in [4.69, 9.17) is 15.5 Å². The van der Waals surface area contributed by atoms with Gasteiger partial charge >= 0.3 is 0 Å². The molecule has 4 aromatic rings. The van der Waals surface area contributed by atoms with Crippen LogP contribution in [0.4, 0.5) is 5.82 Å². The first-order chi connectivity index (χ1) is 17.1. The van der Waals surface area contributed by atoms with E-state index in [0.29, 0.717) is 5.56 Å². The number of nitrogens with two attached hydrogens (primary N) is 1. The topological polar surface area (TPSA) is 122 Å². The summed E-state index contributed by atoms with van der Waals surface area (Å²) >= 11 is 1.59. The quantitative estimate of drug-likeness (QED) is 0.351. The average Bonchev–Trinajstić information content (AvgIpc) is 3.46. The Morgan fingerprint density at radius 1 is 1.28 bits per heavy atom. The summed E-state index contributed by atoms with van der Waals surface area (Å²) in [5, 5.41) is 13.0. The van der Waals surface area contributed by atoms with Crippen LogP contribution in [0.1, 0.15) is 43.1 Å². The molecule has 1 atom stereocenters. The minimum atomic E-state index is -0.851. The van der Waals surface area contributed by atoms with Crippen LogP contribution in [0.25, 0.3) is 26.4 Å². The number of methoxy groups -OCH3 is 1. The summed E-state index contributed by atoms with van der Waals surface area (Å²) in [6.07, 6.45) is 0.107. The molecule has 188 valence electrons. The van der Waals surface area contributed by atoms with E-state index >= 15 is 0 Å². The summed E-state index contributed by atoms with van der Waals surface area (Å²) in [5.41, 5.74) is 9.25. The lowest BCUT2D eigenvalue weighted by molar-refractivity contribution is -0.123. The number of nitrogens with one attached hydrogen (secondary N) is 1. The van der Waals surface area contributed by atoms with Crippen molar-refractivity contribution in [1.29, 1.82) is 0 Å². The van der Waals surface area contributed by atoms with Crippen LogP contribution < -0.4 is 15.8 Å². The maximum Gasteiger partial charge on any atom is 0.255 e. The van der Waals surface area contributed by atoms with Crippen LogP contribution in [0.5, 0.6) is 5.75 Å². The molecular weight excluding hydrogens is 478 g/mol. The monoisotopic (exact) mass is 507 g/mol. The number of aromatic nitrogens is 2. The minimum Gasteiger partial charge on any atom is -0.497 e. The summed E-state index contributed by atoms with van der Waals surface area (Å²) in [4.78, 5) is 32.2. The van der Waals surface area contributed by atoms with Crippen molar-refractivity contribution >= 4 is 44.1 Å². The second-order valence-electron chi connectivity index (χ2n) is 9.97. The fourth-order valence-electron chi connectivity index (χ4n) is 4.66. The van der Waals surface area contributed by atoms with Crippen LogP contribution in [-0.2, 0) is 11.3 Å². The summed E-state index contributed by atoms with van der Waals surface area (Å²) in [6, 6.07) is 10.7. The molecule has 2 aromatic carbocycles. The van der Waals surface area contributed by atoms with Gasteiger partial charge in [0, 0.05) is 35.9 Å². The second-order valence-corrected chi connectivity index (χ2v) is 11.0. The van der Waals surface area contributed by atoms with Crippen molar-refractivity contribution in [3.05, 3.63) is 47.5 Å². The first kappa shape index (κ1) is 24.1. The van der Waals surface area contributed by atoms with Gasteiger partial charge in [-0.05, 0) is 57.0 Å². The number of nitrogens with zero attached hydrogens (tertiary/aromatic N) is 3. The molecule has 1 unspecified atom stereocenters. The lowest BCUT2D eigenvalue weighted by atomic mass is 10.0. The van der Waals surface area contributed by atoms with Gasteiger partial charge < -0.3 is 25.8 Å². The molecule has 0 aliphatic carbocycles. The smallest absolute Gasteiger partial charge is 0.255 e. The number of benzene rings is 2. The fourth-order valence-corrected chi connectivity index (χ4v) is 5.67. The third kappa shape index (κ3) is 4.06. The Morgan fingerprint density at radius 2 is 2.06 bits per heavy atom. The molecule has 3 heterocycles. The van der Waals surface area contributed by atoms with Crippen molar-refractivity contribution in [3.63, 3.8) is 0 Å². The van der Waals surface area contributed by atoms with Gasteiger partial charge in [-0.2, -0.15) is 0 Å². The molecule has 2 amide bonds. The van der Waals surface area contributed by atoms with Gasteiger partial charge in [0.05, 0.1) is 17.3 Å². The van der Waals surface area contributed by atoms with E-state index in [1.165, 1.54) is 4.90 Å². The lowest BCUT2D eigenvalue weighted by Gasteiger charge is -2.24. The van der Waals surface area contributed by atoms with Crippen molar-refractivity contribution in [3.8, 4) is 17.0 Å². The molecule has 2 aromatic heterocycles. The zero-order valence-corrected chi connectivity index (χ0v) is 21.5. The van der Waals surface area contributed by atoms with Crippen molar-refractivity contribution in [2.45, 2.75) is 45.3 Å². The number of hydrogen-bond donors (Lipinski definition) is 3. The SMILES string of the molecule is COc1ccc2sc3nc(-c4ccc5c(c4)CN(C(CCO)C(N)=O)C5=O)c(NC(C)(C)C)n3c2c1. The predicted octanol–water partition coefficient (Wildman–Crippen LogP) is 3.63. The van der Waals surface area contributed by atoms with E-state index < -0.39 is 11.9 Å². The number of amides is 2. The maximum atomic E-state index is 13.0. The van der Waals surface area contributed by atoms with Crippen LogP contribution in [0.15, 0.2) is 36.4 Å². The first-order valence-corrected chi connectivity index (χ1v) is 12.5. The average molecular weight is 508 g/mol. The highest BCUT2D eigenvalue weighted by Gasteiger charge is 2.35. The van der Waals surface area contributed by atoms with Gasteiger partial charge in [0.15, 0.2) is 4.96 Å². The first-order valence-electron chi connectivity index (χ1n) is 11.7. The number of ether oxygens (including phenoxy) is 1. The van der Waals surface area contributed by atoms with Crippen LogP contribution in [0.3, 0.4) is 0 Å². The van der Waals surface area contributed by atoms with E-state index in [0.717, 1.165) is 43.6 Å². The second kappa shape index (κ2) is 8.79. The molecule has 36 heavy (non-hydrogen) atoms. The molecule has 0 bridgehead atoms. The third-order valence-electron chi connectivity index (χ3n) is 6.27. The molecule has 0 fully saturated rings. The molecule has 0 radical (unpaired) electrons. The van der Waals surface area contributed by atoms with Gasteiger partial charge in [-0.1, -0.05) is 17.4 Å². The molecular formula is C26H29N5O4S. The fraction of sp³-hybridized carbons (Fsp3) is 0.346. The molecule has 1 aliphatic rings. The Kier molecular flexibility index (Phi) is 5.88. The van der Waals surface area contributed by atoms with Crippen molar-refractivity contribution < 1.29 is 19.4 Å². The third-order valence-corrected chi connectivity index (χ3v) is 7.29. The maximum absolute atomic E-state index is 13.0. The van der Waals surface area contributed by atoms with Gasteiger partial charge in [-0.3, -0.25) is 14.0 Å². The largest absolute Gasteiger partial charge is 0.497 e. The number of fused-ring (bicyclic) bond motifs is 4. The normalized spacial score (nSPS) is 14.5. The van der Waals surface area contributed by atoms with Crippen LogP contribution >= 0.6 is 11.3 Å². The van der Waals surface area contributed by atoms with Crippen LogP contribution in [0.2, 0.25) is 0 Å². The number of imidazole rings is 1. The van der Waals surface area contributed by atoms with Gasteiger partial charge in [0.2, 0.25) is 5.91 Å². The number of hydrogen-bond acceptors (Lipinski definition) is 7. The Hall–Kier alpha value is -3.63. The van der Waals surface area contributed by atoms with E-state index in [9.17, 15) is 14.7 Å². The summed E-state index contributed by atoms with van der Waals surface area (Å²) in [6.45, 7) is 6.30. The number of carbonyl (C=O) groups excluding carboxylic acids is 2. The molecule has 0 saturated heterocycles. The van der Waals surface area contributed by atoms with Crippen molar-refractivity contribution in [2.75, 3.05) is 19.0 Å². The highest BCUT2D eigenvalue weighted by Crippen LogP contribution is 2.39. The summed E-state index contributed by atoms with van der Waals surface area (Å²) in [5.74, 6) is 0.736. The predicted molar refractivity (Wildman–Crippen MR) is 140 cm³/mol. The standard InChI is InChI=1S/C26H29N5O4S/c1-26(2,3)29-23-21(28-25-31(23)19-12-16(35-4)6-8-20(19)36-25)14-5-7-17-15(11-14)13-30(24(17)34)18(9-10-32)22(27)33/h5-8,11-12,18,29,32H,9-10,13H2,1-4H3,(H2,27,33). The van der Waals surface area contributed by atoms with Gasteiger partial charge in [0.1, 0.15) is 23.3 Å². The zero-order chi connectivity index (χ0) is 25.8. The van der Waals surface area contributed by atoms with E-state index in [2.05, 4.69) is 30.5 Å². The summed E-state index contributed by atoms with van der Waals surface area (Å²) < 4.78 is 8.67. The van der Waals surface area contributed by atoms with Gasteiger partial charge in [-0.15, -0.1) is 0 Å². The Labute approximate surface area is 212 Å². The molecule has 4 N–H and O–H groups in total. The van der Waals surface area contributed by atoms with Gasteiger partial charge in [0.25, 0.3) is 5.91 Å². The number of carbonyl (C=O) groups is 2. The molecule has 10 heteroatoms. The van der Waals surface area contributed by atoms with Crippen LogP contribution in [0, 0.1) is 0 Å². The number of anilines is 1. The number of rotatable bonds is 7. The highest BCUT2D eigenvalue weighted by molar-refractivity contribution is 7.23. The Balaban J connectivity index is 1.63. The minimum absolute atomic E-state index is 0.107. The summed E-state index contributed by atoms with van der Waals surface area (Å²) in [7, 11) is 1.65. The number of thiazole rings is 1. The van der Waals surface area contributed by atoms with Crippen molar-refractivity contribution in [1.82, 2.24) is 14.3 Å². The number of aliphatic hydroxyl groups excluding tert-OH is 1. The Bertz CT molecular complexity index is 1500. The highest BCUT2D eigenvalue weighted by atomic mass is 32.1. The number of aliphatic hydroxyl groups is 1. The van der Waals surface area contributed by atoms with E-state index in [1.54, 1.807) is 24.5 Å². The van der Waals surface area contributed by atoms with Crippen molar-refractivity contribution in [2.24, 2.45) is 5.73 Å². The van der Waals surface area contributed by atoms with E-state index in [-0.39, 0.29) is 31.0 Å². The van der Waals surface area contributed by atoms with Gasteiger partial charge in [-0.25, -0.2) is 4.98 Å². The molecule has 9 nitrogen and oxygen atoms in total. The molecule has 0 saturated carbocycles.